The van der Waals surface area contributed by atoms with Crippen LogP contribution in [0.25, 0.3) is 0 Å². The highest BCUT2D eigenvalue weighted by atomic mass is 16.4. The number of benzene rings is 1. The number of hydrogen-bond acceptors (Lipinski definition) is 4. The van der Waals surface area contributed by atoms with Gasteiger partial charge < -0.3 is 20.4 Å². The number of carbonyl (C=O) groups is 1. The quantitative estimate of drug-likeness (QED) is 0.318. The van der Waals surface area contributed by atoms with Crippen molar-refractivity contribution in [2.45, 2.75) is 57.2 Å². The molecule has 1 aromatic carbocycles. The Morgan fingerprint density at radius 2 is 1.90 bits per heavy atom. The number of unbranched alkanes of at least 4 members (excludes halogenated alkanes) is 1. The van der Waals surface area contributed by atoms with Crippen LogP contribution >= 0.6 is 0 Å². The molecule has 0 amide bonds. The van der Waals surface area contributed by atoms with Crippen molar-refractivity contribution < 1.29 is 25.2 Å². The molecule has 0 aliphatic heterocycles. The molecule has 0 saturated heterocycles. The van der Waals surface area contributed by atoms with Crippen LogP contribution in [0.2, 0.25) is 0 Å². The first-order valence-corrected chi connectivity index (χ1v) is 10.6. The van der Waals surface area contributed by atoms with E-state index in [0.717, 1.165) is 12.8 Å². The third-order valence-corrected chi connectivity index (χ3v) is 5.74. The van der Waals surface area contributed by atoms with Crippen LogP contribution in [0.5, 0.6) is 0 Å². The first-order valence-electron chi connectivity index (χ1n) is 10.6. The lowest BCUT2D eigenvalue weighted by Gasteiger charge is -2.20. The van der Waals surface area contributed by atoms with Gasteiger partial charge in [0, 0.05) is 31.3 Å². The molecular weight excluding hydrogens is 368 g/mol. The summed E-state index contributed by atoms with van der Waals surface area (Å²) in [7, 11) is 0. The maximum atomic E-state index is 10.5. The zero-order valence-electron chi connectivity index (χ0n) is 16.9. The molecule has 0 aromatic heterocycles. The molecule has 5 atom stereocenters. The Kier molecular flexibility index (Phi) is 10.1. The zero-order valence-corrected chi connectivity index (χ0v) is 16.9. The Morgan fingerprint density at radius 3 is 2.59 bits per heavy atom. The molecule has 0 spiro atoms. The number of carboxylic acids is 1. The van der Waals surface area contributed by atoms with Gasteiger partial charge >= 0.3 is 5.97 Å². The van der Waals surface area contributed by atoms with Crippen molar-refractivity contribution in [2.24, 2.45) is 17.8 Å². The summed E-state index contributed by atoms with van der Waals surface area (Å²) in [5.41, 5.74) is 1.24. The Hall–Kier alpha value is -1.95. The van der Waals surface area contributed by atoms with Crippen LogP contribution in [0, 0.1) is 17.8 Å². The molecule has 1 aliphatic rings. The molecule has 0 bridgehead atoms. The van der Waals surface area contributed by atoms with Crippen LogP contribution in [0.15, 0.2) is 54.6 Å². The fourth-order valence-corrected chi connectivity index (χ4v) is 3.98. The summed E-state index contributed by atoms with van der Waals surface area (Å²) in [5.74, 6) is -0.971. The average Bonchev–Trinajstić information content (AvgIpc) is 2.98. The van der Waals surface area contributed by atoms with Crippen molar-refractivity contribution in [3.63, 3.8) is 0 Å². The largest absolute Gasteiger partial charge is 0.481 e. The molecule has 1 saturated carbocycles. The number of rotatable bonds is 12. The highest BCUT2D eigenvalue weighted by Crippen LogP contribution is 2.36. The number of hydrogen-bond donors (Lipinski definition) is 4. The predicted octanol–water partition coefficient (Wildman–Crippen LogP) is 3.34. The van der Waals surface area contributed by atoms with E-state index >= 15 is 0 Å². The number of aliphatic carboxylic acids is 1. The van der Waals surface area contributed by atoms with Crippen molar-refractivity contribution >= 4 is 5.97 Å². The molecule has 0 heterocycles. The molecule has 160 valence electrons. The van der Waals surface area contributed by atoms with Crippen LogP contribution in [0.1, 0.15) is 44.1 Å². The number of carboxylic acid groups (broad SMARTS) is 1. The summed E-state index contributed by atoms with van der Waals surface area (Å²) in [6, 6.07) is 10.2. The second kappa shape index (κ2) is 12.6. The van der Waals surface area contributed by atoms with E-state index in [0.29, 0.717) is 25.7 Å². The van der Waals surface area contributed by atoms with Crippen molar-refractivity contribution in [3.8, 4) is 0 Å². The molecule has 4 N–H and O–H groups in total. The molecule has 2 rings (SSSR count). The zero-order chi connectivity index (χ0) is 21.1. The first kappa shape index (κ1) is 23.3. The van der Waals surface area contributed by atoms with Gasteiger partial charge in [-0.25, -0.2) is 0 Å². The van der Waals surface area contributed by atoms with Crippen LogP contribution in [0.4, 0.5) is 0 Å². The summed E-state index contributed by atoms with van der Waals surface area (Å²) in [4.78, 5) is 10.5. The van der Waals surface area contributed by atoms with Gasteiger partial charge in [0.1, 0.15) is 0 Å². The molecule has 1 aromatic rings. The van der Waals surface area contributed by atoms with Crippen molar-refractivity contribution in [3.05, 3.63) is 60.2 Å². The summed E-state index contributed by atoms with van der Waals surface area (Å²) >= 11 is 0. The normalized spacial score (nSPS) is 25.8. The van der Waals surface area contributed by atoms with E-state index in [9.17, 15) is 20.1 Å². The molecule has 5 nitrogen and oxygen atoms in total. The van der Waals surface area contributed by atoms with Gasteiger partial charge in [0.2, 0.25) is 0 Å². The monoisotopic (exact) mass is 402 g/mol. The molecule has 0 radical (unpaired) electrons. The van der Waals surface area contributed by atoms with Gasteiger partial charge in [0.25, 0.3) is 0 Å². The lowest BCUT2D eigenvalue weighted by molar-refractivity contribution is -0.137. The Labute approximate surface area is 173 Å². The summed E-state index contributed by atoms with van der Waals surface area (Å²) in [6.45, 7) is 0.0584. The van der Waals surface area contributed by atoms with Crippen molar-refractivity contribution in [2.75, 3.05) is 6.61 Å². The van der Waals surface area contributed by atoms with E-state index in [4.69, 9.17) is 5.11 Å². The van der Waals surface area contributed by atoms with E-state index in [1.165, 1.54) is 5.56 Å². The minimum atomic E-state index is -0.788. The fourth-order valence-electron chi connectivity index (χ4n) is 3.98. The Morgan fingerprint density at radius 1 is 1.14 bits per heavy atom. The second-order valence-corrected chi connectivity index (χ2v) is 7.96. The van der Waals surface area contributed by atoms with E-state index in [1.807, 2.05) is 42.5 Å². The van der Waals surface area contributed by atoms with Gasteiger partial charge in [0.15, 0.2) is 0 Å². The Bertz CT molecular complexity index is 654. The number of aliphatic hydroxyl groups excluding tert-OH is 3. The highest BCUT2D eigenvalue weighted by molar-refractivity contribution is 5.66. The van der Waals surface area contributed by atoms with Gasteiger partial charge in [-0.3, -0.25) is 4.79 Å². The summed E-state index contributed by atoms with van der Waals surface area (Å²) in [6.07, 6.45) is 10.9. The van der Waals surface area contributed by atoms with Gasteiger partial charge in [0.05, 0.1) is 12.2 Å². The van der Waals surface area contributed by atoms with E-state index in [1.54, 1.807) is 0 Å². The standard InChI is InChI=1S/C24H34O5/c25-17-19(13-12-18-8-4-3-5-9-18)14-15-21-20(22(26)16-23(21)27)10-6-1-2-7-11-24(28)29/h1,3-6,8-9,14-15,19-23,25-27H,2,7,10-13,16-17H2,(H,28,29)/b6-1-,15-14+/t19?,20-,21-,22+,23-/m1/s1. The van der Waals surface area contributed by atoms with E-state index in [-0.39, 0.29) is 30.8 Å². The molecular formula is C24H34O5. The van der Waals surface area contributed by atoms with Gasteiger partial charge in [-0.2, -0.15) is 0 Å². The average molecular weight is 403 g/mol. The first-order chi connectivity index (χ1) is 14.0. The molecule has 1 unspecified atom stereocenters. The lowest BCUT2D eigenvalue weighted by Crippen LogP contribution is -2.20. The highest BCUT2D eigenvalue weighted by Gasteiger charge is 2.39. The lowest BCUT2D eigenvalue weighted by atomic mass is 9.88. The fraction of sp³-hybridized carbons (Fsp3) is 0.542. The SMILES string of the molecule is O=C(O)CCC/C=C\C[C@@H]1[C@@H](/C=C/C(CO)CCc2ccccc2)[C@H](O)C[C@@H]1O. The Balaban J connectivity index is 1.87. The third-order valence-electron chi connectivity index (χ3n) is 5.74. The minimum Gasteiger partial charge on any atom is -0.481 e. The second-order valence-electron chi connectivity index (χ2n) is 7.96. The van der Waals surface area contributed by atoms with Gasteiger partial charge in [-0.1, -0.05) is 54.6 Å². The van der Waals surface area contributed by atoms with Gasteiger partial charge in [-0.15, -0.1) is 0 Å². The topological polar surface area (TPSA) is 98.0 Å². The summed E-state index contributed by atoms with van der Waals surface area (Å²) in [5, 5.41) is 39.1. The minimum absolute atomic E-state index is 0.0207. The van der Waals surface area contributed by atoms with Crippen molar-refractivity contribution in [1.29, 1.82) is 0 Å². The van der Waals surface area contributed by atoms with Gasteiger partial charge in [-0.05, 0) is 43.6 Å². The van der Waals surface area contributed by atoms with Crippen LogP contribution in [-0.4, -0.2) is 45.2 Å². The molecule has 29 heavy (non-hydrogen) atoms. The molecule has 1 aliphatic carbocycles. The predicted molar refractivity (Wildman–Crippen MR) is 113 cm³/mol. The van der Waals surface area contributed by atoms with Crippen LogP contribution in [0.3, 0.4) is 0 Å². The maximum absolute atomic E-state index is 10.5. The smallest absolute Gasteiger partial charge is 0.303 e. The number of aryl methyl sites for hydroxylation is 1. The number of allylic oxidation sites excluding steroid dienone is 2. The maximum Gasteiger partial charge on any atom is 0.303 e. The molecule has 5 heteroatoms. The third kappa shape index (κ3) is 8.13. The summed E-state index contributed by atoms with van der Waals surface area (Å²) < 4.78 is 0. The van der Waals surface area contributed by atoms with Crippen LogP contribution < -0.4 is 0 Å². The van der Waals surface area contributed by atoms with Crippen molar-refractivity contribution in [1.82, 2.24) is 0 Å². The number of aliphatic hydroxyl groups is 3. The van der Waals surface area contributed by atoms with E-state index < -0.39 is 18.2 Å². The van der Waals surface area contributed by atoms with E-state index in [2.05, 4.69) is 12.1 Å². The van der Waals surface area contributed by atoms with Crippen LogP contribution in [-0.2, 0) is 11.2 Å². The molecule has 1 fully saturated rings.